The Labute approximate surface area is 153 Å². The molecule has 0 aromatic carbocycles. The first kappa shape index (κ1) is 18.6. The third kappa shape index (κ3) is 3.28. The topological polar surface area (TPSA) is 72.4 Å². The van der Waals surface area contributed by atoms with E-state index in [4.69, 9.17) is 4.42 Å². The molecule has 2 atom stereocenters. The van der Waals surface area contributed by atoms with E-state index in [1.165, 1.54) is 0 Å². The second kappa shape index (κ2) is 7.23. The number of nitrogens with zero attached hydrogens (tertiary/aromatic N) is 1. The van der Waals surface area contributed by atoms with Crippen LogP contribution in [-0.2, 0) is 24.2 Å². The molecule has 0 radical (unpaired) electrons. The van der Waals surface area contributed by atoms with Gasteiger partial charge in [0.25, 0.3) is 5.56 Å². The summed E-state index contributed by atoms with van der Waals surface area (Å²) in [5, 5.41) is 10.4. The van der Waals surface area contributed by atoms with E-state index in [9.17, 15) is 14.7 Å². The number of fused-ring (bicyclic) bond motifs is 1. The van der Waals surface area contributed by atoms with E-state index in [1.54, 1.807) is 10.8 Å². The van der Waals surface area contributed by atoms with Gasteiger partial charge in [0.2, 0.25) is 0 Å². The molecule has 3 rings (SSSR count). The molecule has 2 aromatic heterocycles. The van der Waals surface area contributed by atoms with Crippen molar-refractivity contribution >= 4 is 5.78 Å². The van der Waals surface area contributed by atoms with Crippen molar-refractivity contribution in [2.75, 3.05) is 0 Å². The number of aryl methyl sites for hydroxylation is 1. The fraction of sp³-hybridized carbons (Fsp3) is 0.524. The van der Waals surface area contributed by atoms with Gasteiger partial charge in [-0.25, -0.2) is 0 Å². The van der Waals surface area contributed by atoms with Crippen LogP contribution in [0.15, 0.2) is 27.6 Å². The molecule has 5 heteroatoms. The summed E-state index contributed by atoms with van der Waals surface area (Å²) in [7, 11) is 0. The predicted octanol–water partition coefficient (Wildman–Crippen LogP) is 3.30. The fourth-order valence-electron chi connectivity index (χ4n) is 4.00. The number of rotatable bonds is 6. The summed E-state index contributed by atoms with van der Waals surface area (Å²) in [6, 6.07) is 3.70. The summed E-state index contributed by atoms with van der Waals surface area (Å²) < 4.78 is 7.03. The Balaban J connectivity index is 1.95. The number of carbonyl (C=O) groups is 1. The molecular weight excluding hydrogens is 330 g/mol. The van der Waals surface area contributed by atoms with Crippen molar-refractivity contribution in [2.24, 2.45) is 5.92 Å². The van der Waals surface area contributed by atoms with Crippen molar-refractivity contribution in [3.63, 3.8) is 0 Å². The summed E-state index contributed by atoms with van der Waals surface area (Å²) in [5.41, 5.74) is 3.00. The first-order valence-electron chi connectivity index (χ1n) is 9.32. The van der Waals surface area contributed by atoms with E-state index in [-0.39, 0.29) is 30.1 Å². The van der Waals surface area contributed by atoms with Crippen LogP contribution >= 0.6 is 0 Å². The molecule has 0 bridgehead atoms. The third-order valence-corrected chi connectivity index (χ3v) is 5.49. The maximum absolute atomic E-state index is 13.0. The molecule has 26 heavy (non-hydrogen) atoms. The normalized spacial score (nSPS) is 19.2. The minimum atomic E-state index is -0.627. The molecule has 0 unspecified atom stereocenters. The number of aromatic nitrogens is 1. The van der Waals surface area contributed by atoms with E-state index < -0.39 is 6.10 Å². The number of ketones is 1. The summed E-state index contributed by atoms with van der Waals surface area (Å²) in [6.45, 7) is 8.48. The molecule has 0 spiro atoms. The first-order chi connectivity index (χ1) is 12.3. The second-order valence-electron chi connectivity index (χ2n) is 7.58. The number of Topliss-reactive ketones (excluding diaryl/α,β-unsaturated/α-hetero) is 1. The van der Waals surface area contributed by atoms with Gasteiger partial charge >= 0.3 is 0 Å². The van der Waals surface area contributed by atoms with Crippen LogP contribution in [-0.4, -0.2) is 15.5 Å². The lowest BCUT2D eigenvalue weighted by Crippen LogP contribution is -2.29. The summed E-state index contributed by atoms with van der Waals surface area (Å²) in [4.78, 5) is 25.6. The van der Waals surface area contributed by atoms with Crippen molar-refractivity contribution in [1.82, 2.24) is 4.57 Å². The monoisotopic (exact) mass is 357 g/mol. The molecule has 5 nitrogen and oxygen atoms in total. The zero-order valence-corrected chi connectivity index (χ0v) is 15.9. The zero-order valence-electron chi connectivity index (χ0n) is 15.9. The zero-order chi connectivity index (χ0) is 19.0. The Morgan fingerprint density at radius 1 is 1.38 bits per heavy atom. The van der Waals surface area contributed by atoms with Crippen LogP contribution in [0.2, 0.25) is 0 Å². The minimum absolute atomic E-state index is 0.00232. The standard InChI is InChI=1S/C21H27NO4/c1-5-22-14(8-15(23)10-19-13(4)6-7-26-19)9-17-18(24)11-16(12(2)3)20(17)21(22)25/h6-7,9,12,16,18,24H,5,8,10-11H2,1-4H3/t16-,18-/m1/s1. The van der Waals surface area contributed by atoms with Gasteiger partial charge in [0.05, 0.1) is 18.8 Å². The van der Waals surface area contributed by atoms with E-state index >= 15 is 0 Å². The lowest BCUT2D eigenvalue weighted by Gasteiger charge is -2.18. The molecule has 0 fully saturated rings. The largest absolute Gasteiger partial charge is 0.469 e. The lowest BCUT2D eigenvalue weighted by molar-refractivity contribution is -0.118. The highest BCUT2D eigenvalue weighted by atomic mass is 16.3. The molecule has 1 aliphatic rings. The van der Waals surface area contributed by atoms with Gasteiger partial charge in [-0.05, 0) is 55.4 Å². The lowest BCUT2D eigenvalue weighted by atomic mass is 9.90. The van der Waals surface area contributed by atoms with Crippen LogP contribution in [0.5, 0.6) is 0 Å². The highest BCUT2D eigenvalue weighted by molar-refractivity contribution is 5.82. The average Bonchev–Trinajstić information content (AvgIpc) is 3.12. The molecule has 0 saturated carbocycles. The number of aliphatic hydroxyl groups is 1. The van der Waals surface area contributed by atoms with Crippen molar-refractivity contribution < 1.29 is 14.3 Å². The average molecular weight is 357 g/mol. The molecule has 0 amide bonds. The van der Waals surface area contributed by atoms with E-state index in [2.05, 4.69) is 13.8 Å². The van der Waals surface area contributed by atoms with Crippen LogP contribution in [0.1, 0.15) is 67.4 Å². The van der Waals surface area contributed by atoms with E-state index in [1.807, 2.05) is 26.0 Å². The van der Waals surface area contributed by atoms with Crippen molar-refractivity contribution in [3.05, 3.63) is 56.9 Å². The number of hydrogen-bond donors (Lipinski definition) is 1. The highest BCUT2D eigenvalue weighted by Gasteiger charge is 2.35. The molecule has 1 aliphatic carbocycles. The molecule has 0 saturated heterocycles. The quantitative estimate of drug-likeness (QED) is 0.861. The molecule has 140 valence electrons. The van der Waals surface area contributed by atoms with Crippen LogP contribution < -0.4 is 5.56 Å². The summed E-state index contributed by atoms with van der Waals surface area (Å²) in [5.74, 6) is 1.03. The van der Waals surface area contributed by atoms with Crippen LogP contribution in [0.4, 0.5) is 0 Å². The number of hydrogen-bond acceptors (Lipinski definition) is 4. The summed E-state index contributed by atoms with van der Waals surface area (Å²) >= 11 is 0. The second-order valence-corrected chi connectivity index (χ2v) is 7.58. The van der Waals surface area contributed by atoms with Crippen LogP contribution in [0, 0.1) is 12.8 Å². The van der Waals surface area contributed by atoms with Gasteiger partial charge in [-0.15, -0.1) is 0 Å². The molecule has 0 aliphatic heterocycles. The molecule has 2 heterocycles. The number of furan rings is 1. The van der Waals surface area contributed by atoms with Crippen LogP contribution in [0.3, 0.4) is 0 Å². The number of pyridine rings is 1. The maximum Gasteiger partial charge on any atom is 0.254 e. The number of aliphatic hydroxyl groups excluding tert-OH is 1. The highest BCUT2D eigenvalue weighted by Crippen LogP contribution is 2.42. The Morgan fingerprint density at radius 3 is 2.69 bits per heavy atom. The van der Waals surface area contributed by atoms with Gasteiger partial charge in [0, 0.05) is 24.2 Å². The van der Waals surface area contributed by atoms with E-state index in [0.717, 1.165) is 11.1 Å². The van der Waals surface area contributed by atoms with Crippen molar-refractivity contribution in [3.8, 4) is 0 Å². The first-order valence-corrected chi connectivity index (χ1v) is 9.32. The van der Waals surface area contributed by atoms with Gasteiger partial charge < -0.3 is 14.1 Å². The smallest absolute Gasteiger partial charge is 0.254 e. The Bertz CT molecular complexity index is 875. The predicted molar refractivity (Wildman–Crippen MR) is 99.4 cm³/mol. The van der Waals surface area contributed by atoms with Gasteiger partial charge in [0.1, 0.15) is 11.5 Å². The van der Waals surface area contributed by atoms with E-state index in [0.29, 0.717) is 35.9 Å². The number of carbonyl (C=O) groups excluding carboxylic acids is 1. The Kier molecular flexibility index (Phi) is 5.19. The Morgan fingerprint density at radius 2 is 2.12 bits per heavy atom. The SMILES string of the molecule is CCn1c(CC(=O)Cc2occc2C)cc2c(c1=O)[C@@H](C(C)C)C[C@H]2O. The molecular formula is C21H27NO4. The third-order valence-electron chi connectivity index (χ3n) is 5.49. The maximum atomic E-state index is 13.0. The van der Waals surface area contributed by atoms with Crippen molar-refractivity contribution in [1.29, 1.82) is 0 Å². The summed E-state index contributed by atoms with van der Waals surface area (Å²) in [6.07, 6.45) is 1.91. The molecule has 2 aromatic rings. The van der Waals surface area contributed by atoms with Crippen molar-refractivity contribution in [2.45, 2.75) is 65.5 Å². The molecule has 1 N–H and O–H groups in total. The fourth-order valence-corrected chi connectivity index (χ4v) is 4.00. The van der Waals surface area contributed by atoms with Gasteiger partial charge in [0.15, 0.2) is 0 Å². The van der Waals surface area contributed by atoms with Gasteiger partial charge in [-0.1, -0.05) is 13.8 Å². The van der Waals surface area contributed by atoms with Crippen LogP contribution in [0.25, 0.3) is 0 Å². The van der Waals surface area contributed by atoms with Gasteiger partial charge in [-0.2, -0.15) is 0 Å². The van der Waals surface area contributed by atoms with Gasteiger partial charge in [-0.3, -0.25) is 9.59 Å². The Hall–Kier alpha value is -2.14. The minimum Gasteiger partial charge on any atom is -0.469 e.